The predicted molar refractivity (Wildman–Crippen MR) is 77.3 cm³/mol. The number of nitrogen functional groups attached to an aromatic ring is 1. The van der Waals surface area contributed by atoms with Crippen LogP contribution in [0.3, 0.4) is 0 Å². The number of hydrogen-bond acceptors (Lipinski definition) is 7. The van der Waals surface area contributed by atoms with Gasteiger partial charge in [0.2, 0.25) is 5.89 Å². The molecule has 2 N–H and O–H groups in total. The van der Waals surface area contributed by atoms with Crippen molar-refractivity contribution in [3.05, 3.63) is 36.5 Å². The van der Waals surface area contributed by atoms with Gasteiger partial charge in [-0.2, -0.15) is 21.6 Å². The molecule has 0 aliphatic rings. The highest BCUT2D eigenvalue weighted by Crippen LogP contribution is 2.34. The molecule has 1 aromatic carbocycles. The van der Waals surface area contributed by atoms with Gasteiger partial charge in [0.1, 0.15) is 5.82 Å². The SMILES string of the molecule is Nc1ncccc1-c1nc2c(OS(=O)(=O)C(F)(F)F)cccc2o1. The normalized spacial score (nSPS) is 12.5. The van der Waals surface area contributed by atoms with E-state index in [0.717, 1.165) is 6.07 Å². The van der Waals surface area contributed by atoms with E-state index in [0.29, 0.717) is 5.56 Å². The molecule has 126 valence electrons. The summed E-state index contributed by atoms with van der Waals surface area (Å²) in [6, 6.07) is 6.80. The number of aromatic nitrogens is 2. The molecule has 0 atom stereocenters. The Kier molecular flexibility index (Phi) is 3.59. The highest BCUT2D eigenvalue weighted by atomic mass is 32.2. The van der Waals surface area contributed by atoms with Crippen LogP contribution < -0.4 is 9.92 Å². The summed E-state index contributed by atoms with van der Waals surface area (Å²) < 4.78 is 69.2. The number of alkyl halides is 3. The number of benzene rings is 1. The minimum absolute atomic E-state index is 0.0307. The second kappa shape index (κ2) is 5.37. The number of pyridine rings is 1. The fraction of sp³-hybridized carbons (Fsp3) is 0.0769. The monoisotopic (exact) mass is 359 g/mol. The van der Waals surface area contributed by atoms with Gasteiger partial charge in [0.05, 0.1) is 5.56 Å². The van der Waals surface area contributed by atoms with Crippen LogP contribution in [-0.2, 0) is 10.1 Å². The molecule has 11 heteroatoms. The van der Waals surface area contributed by atoms with Crippen LogP contribution in [0.1, 0.15) is 0 Å². The number of anilines is 1. The molecule has 0 saturated carbocycles. The van der Waals surface area contributed by atoms with Gasteiger partial charge in [0.15, 0.2) is 16.8 Å². The molecule has 24 heavy (non-hydrogen) atoms. The van der Waals surface area contributed by atoms with Gasteiger partial charge in [-0.05, 0) is 24.3 Å². The van der Waals surface area contributed by atoms with Crippen LogP contribution in [0.15, 0.2) is 40.9 Å². The molecule has 3 rings (SSSR count). The number of nitrogens with zero attached hydrogens (tertiary/aromatic N) is 2. The van der Waals surface area contributed by atoms with Crippen LogP contribution in [0, 0.1) is 0 Å². The quantitative estimate of drug-likeness (QED) is 0.566. The Morgan fingerprint density at radius 1 is 1.17 bits per heavy atom. The highest BCUT2D eigenvalue weighted by Gasteiger charge is 2.48. The van der Waals surface area contributed by atoms with E-state index in [9.17, 15) is 21.6 Å². The van der Waals surface area contributed by atoms with E-state index in [1.807, 2.05) is 0 Å². The summed E-state index contributed by atoms with van der Waals surface area (Å²) in [7, 11) is -5.82. The third kappa shape index (κ3) is 2.73. The average Bonchev–Trinajstić information content (AvgIpc) is 2.91. The van der Waals surface area contributed by atoms with E-state index in [2.05, 4.69) is 14.2 Å². The highest BCUT2D eigenvalue weighted by molar-refractivity contribution is 7.88. The zero-order chi connectivity index (χ0) is 17.5. The number of rotatable bonds is 3. The van der Waals surface area contributed by atoms with Crippen LogP contribution in [0.25, 0.3) is 22.6 Å². The first-order chi connectivity index (χ1) is 11.2. The molecular formula is C13H8F3N3O4S. The standard InChI is InChI=1S/C13H8F3N3O4S/c14-13(15,16)24(20,21)23-9-5-1-4-8-10(9)19-12(22-8)7-3-2-6-18-11(7)17/h1-6H,(H2,17,18). The molecule has 3 aromatic rings. The number of nitrogens with two attached hydrogens (primary N) is 1. The molecule has 0 aliphatic heterocycles. The first-order valence-corrected chi connectivity index (χ1v) is 7.71. The van der Waals surface area contributed by atoms with Gasteiger partial charge >= 0.3 is 15.6 Å². The van der Waals surface area contributed by atoms with E-state index in [-0.39, 0.29) is 22.8 Å². The van der Waals surface area contributed by atoms with E-state index in [4.69, 9.17) is 10.2 Å². The fourth-order valence-corrected chi connectivity index (χ4v) is 2.33. The van der Waals surface area contributed by atoms with Crippen molar-refractivity contribution < 1.29 is 30.2 Å². The Labute approximate surface area is 133 Å². The minimum atomic E-state index is -5.82. The summed E-state index contributed by atoms with van der Waals surface area (Å²) in [5.74, 6) is -0.548. The summed E-state index contributed by atoms with van der Waals surface area (Å²) >= 11 is 0. The maximum atomic E-state index is 12.5. The molecule has 0 amide bonds. The Morgan fingerprint density at radius 2 is 1.92 bits per heavy atom. The van der Waals surface area contributed by atoms with Crippen molar-refractivity contribution in [3.8, 4) is 17.2 Å². The Morgan fingerprint density at radius 3 is 2.58 bits per heavy atom. The van der Waals surface area contributed by atoms with Gasteiger partial charge < -0.3 is 14.3 Å². The molecule has 0 bridgehead atoms. The van der Waals surface area contributed by atoms with E-state index in [1.54, 1.807) is 12.1 Å². The molecule has 7 nitrogen and oxygen atoms in total. The predicted octanol–water partition coefficient (Wildman–Crippen LogP) is 2.70. The third-order valence-electron chi connectivity index (χ3n) is 2.93. The number of oxazole rings is 1. The summed E-state index contributed by atoms with van der Waals surface area (Å²) in [5.41, 5.74) is 0.268. The van der Waals surface area contributed by atoms with Crippen LogP contribution in [0.4, 0.5) is 19.0 Å². The maximum Gasteiger partial charge on any atom is 0.534 e. The van der Waals surface area contributed by atoms with Gasteiger partial charge in [0.25, 0.3) is 0 Å². The molecule has 2 heterocycles. The summed E-state index contributed by atoms with van der Waals surface area (Å²) in [5, 5.41) is 0. The minimum Gasteiger partial charge on any atom is -0.436 e. The number of halogens is 3. The van der Waals surface area contributed by atoms with E-state index < -0.39 is 21.4 Å². The summed E-state index contributed by atoms with van der Waals surface area (Å²) in [6.07, 6.45) is 1.44. The third-order valence-corrected chi connectivity index (χ3v) is 3.90. The maximum absolute atomic E-state index is 12.5. The van der Waals surface area contributed by atoms with Crippen molar-refractivity contribution in [2.75, 3.05) is 5.73 Å². The molecule has 0 fully saturated rings. The van der Waals surface area contributed by atoms with Gasteiger partial charge in [-0.1, -0.05) is 6.07 Å². The van der Waals surface area contributed by atoms with Crippen molar-refractivity contribution in [2.45, 2.75) is 5.51 Å². The largest absolute Gasteiger partial charge is 0.534 e. The summed E-state index contributed by atoms with van der Waals surface area (Å²) in [4.78, 5) is 7.81. The zero-order valence-corrected chi connectivity index (χ0v) is 12.4. The van der Waals surface area contributed by atoms with Crippen LogP contribution in [-0.4, -0.2) is 23.9 Å². The van der Waals surface area contributed by atoms with E-state index in [1.165, 1.54) is 18.3 Å². The van der Waals surface area contributed by atoms with Crippen LogP contribution in [0.5, 0.6) is 5.75 Å². The fourth-order valence-electron chi connectivity index (χ4n) is 1.87. The molecular weight excluding hydrogens is 351 g/mol. The lowest BCUT2D eigenvalue weighted by Gasteiger charge is -2.09. The van der Waals surface area contributed by atoms with Crippen LogP contribution in [0.2, 0.25) is 0 Å². The van der Waals surface area contributed by atoms with Crippen molar-refractivity contribution in [1.29, 1.82) is 0 Å². The van der Waals surface area contributed by atoms with Crippen LogP contribution >= 0.6 is 0 Å². The molecule has 2 aromatic heterocycles. The average molecular weight is 359 g/mol. The van der Waals surface area contributed by atoms with Gasteiger partial charge in [-0.25, -0.2) is 9.97 Å². The number of hydrogen-bond donors (Lipinski definition) is 1. The first-order valence-electron chi connectivity index (χ1n) is 6.30. The van der Waals surface area contributed by atoms with Crippen molar-refractivity contribution in [3.63, 3.8) is 0 Å². The van der Waals surface area contributed by atoms with Crippen molar-refractivity contribution >= 4 is 27.0 Å². The Hall–Kier alpha value is -2.82. The van der Waals surface area contributed by atoms with E-state index >= 15 is 0 Å². The van der Waals surface area contributed by atoms with Crippen molar-refractivity contribution in [1.82, 2.24) is 9.97 Å². The Bertz CT molecular complexity index is 1010. The molecule has 0 saturated heterocycles. The number of fused-ring (bicyclic) bond motifs is 1. The molecule has 0 radical (unpaired) electrons. The lowest BCUT2D eigenvalue weighted by atomic mass is 10.2. The number of para-hydroxylation sites is 1. The second-order valence-corrected chi connectivity index (χ2v) is 6.08. The Balaban J connectivity index is 2.11. The van der Waals surface area contributed by atoms with Crippen molar-refractivity contribution in [2.24, 2.45) is 0 Å². The van der Waals surface area contributed by atoms with Gasteiger partial charge in [-0.3, -0.25) is 0 Å². The lowest BCUT2D eigenvalue weighted by molar-refractivity contribution is -0.0499. The summed E-state index contributed by atoms with van der Waals surface area (Å²) in [6.45, 7) is 0. The molecule has 0 spiro atoms. The topological polar surface area (TPSA) is 108 Å². The lowest BCUT2D eigenvalue weighted by Crippen LogP contribution is -2.28. The zero-order valence-electron chi connectivity index (χ0n) is 11.6. The molecule has 0 unspecified atom stereocenters. The smallest absolute Gasteiger partial charge is 0.436 e. The second-order valence-electron chi connectivity index (χ2n) is 4.54. The molecule has 0 aliphatic carbocycles. The first kappa shape index (κ1) is 16.1. The van der Waals surface area contributed by atoms with Gasteiger partial charge in [-0.15, -0.1) is 0 Å². The van der Waals surface area contributed by atoms with Gasteiger partial charge in [0, 0.05) is 6.20 Å².